The van der Waals surface area contributed by atoms with Crippen LogP contribution in [0.25, 0.3) is 0 Å². The molecule has 1 N–H and O–H groups in total. The van der Waals surface area contributed by atoms with Gasteiger partial charge in [-0.15, -0.1) is 0 Å². The number of rotatable bonds is 7. The SMILES string of the molecule is CCCCCCC(C)/N=N/C(C)(C)O. The lowest BCUT2D eigenvalue weighted by molar-refractivity contribution is 0.0803. The molecule has 0 aromatic heterocycles. The predicted octanol–water partition coefficient (Wildman–Crippen LogP) is 3.53. The van der Waals surface area contributed by atoms with Gasteiger partial charge in [0.1, 0.15) is 0 Å². The summed E-state index contributed by atoms with van der Waals surface area (Å²) in [6.45, 7) is 7.53. The van der Waals surface area contributed by atoms with Crippen LogP contribution in [0, 0.1) is 0 Å². The first-order valence-electron chi connectivity index (χ1n) is 5.60. The monoisotopic (exact) mass is 200 g/mol. The Morgan fingerprint density at radius 3 is 2.36 bits per heavy atom. The van der Waals surface area contributed by atoms with Crippen LogP contribution in [-0.2, 0) is 0 Å². The van der Waals surface area contributed by atoms with Crippen LogP contribution in [0.15, 0.2) is 10.2 Å². The van der Waals surface area contributed by atoms with Crippen molar-refractivity contribution in [3.63, 3.8) is 0 Å². The van der Waals surface area contributed by atoms with Crippen molar-refractivity contribution in [3.05, 3.63) is 0 Å². The maximum absolute atomic E-state index is 9.32. The average molecular weight is 200 g/mol. The van der Waals surface area contributed by atoms with Crippen molar-refractivity contribution in [2.45, 2.75) is 71.6 Å². The number of hydrogen-bond donors (Lipinski definition) is 1. The minimum absolute atomic E-state index is 0.235. The van der Waals surface area contributed by atoms with E-state index in [-0.39, 0.29) is 6.04 Å². The second-order valence-electron chi connectivity index (χ2n) is 4.41. The minimum Gasteiger partial charge on any atom is -0.368 e. The van der Waals surface area contributed by atoms with Gasteiger partial charge in [0.15, 0.2) is 5.72 Å². The smallest absolute Gasteiger partial charge is 0.170 e. The van der Waals surface area contributed by atoms with Gasteiger partial charge in [0.25, 0.3) is 0 Å². The Morgan fingerprint density at radius 1 is 1.21 bits per heavy atom. The number of nitrogens with zero attached hydrogens (tertiary/aromatic N) is 2. The van der Waals surface area contributed by atoms with E-state index in [2.05, 4.69) is 17.2 Å². The molecule has 14 heavy (non-hydrogen) atoms. The molecule has 0 aromatic carbocycles. The molecule has 0 aromatic rings. The first-order valence-corrected chi connectivity index (χ1v) is 5.60. The van der Waals surface area contributed by atoms with E-state index in [4.69, 9.17) is 0 Å². The molecule has 0 fully saturated rings. The fourth-order valence-corrected chi connectivity index (χ4v) is 1.16. The molecule has 0 bridgehead atoms. The van der Waals surface area contributed by atoms with Crippen molar-refractivity contribution >= 4 is 0 Å². The highest BCUT2D eigenvalue weighted by molar-refractivity contribution is 4.62. The third-order valence-electron chi connectivity index (χ3n) is 1.98. The summed E-state index contributed by atoms with van der Waals surface area (Å²) in [6, 6.07) is 0.235. The van der Waals surface area contributed by atoms with E-state index < -0.39 is 5.72 Å². The van der Waals surface area contributed by atoms with Crippen molar-refractivity contribution in [3.8, 4) is 0 Å². The highest BCUT2D eigenvalue weighted by Gasteiger charge is 2.09. The van der Waals surface area contributed by atoms with E-state index in [1.54, 1.807) is 13.8 Å². The molecule has 0 amide bonds. The van der Waals surface area contributed by atoms with Gasteiger partial charge < -0.3 is 5.11 Å². The summed E-state index contributed by atoms with van der Waals surface area (Å²) in [5.41, 5.74) is -1.02. The Bertz CT molecular complexity index is 161. The van der Waals surface area contributed by atoms with Gasteiger partial charge in [-0.2, -0.15) is 10.2 Å². The summed E-state index contributed by atoms with van der Waals surface area (Å²) < 4.78 is 0. The molecule has 0 aliphatic heterocycles. The maximum atomic E-state index is 9.32. The highest BCUT2D eigenvalue weighted by Crippen LogP contribution is 2.10. The van der Waals surface area contributed by atoms with E-state index in [0.29, 0.717) is 0 Å². The number of unbranched alkanes of at least 4 members (excludes halogenated alkanes) is 3. The van der Waals surface area contributed by atoms with E-state index in [0.717, 1.165) is 6.42 Å². The first kappa shape index (κ1) is 13.6. The molecule has 0 aliphatic carbocycles. The van der Waals surface area contributed by atoms with E-state index >= 15 is 0 Å². The second kappa shape index (κ2) is 6.93. The van der Waals surface area contributed by atoms with Gasteiger partial charge in [0.2, 0.25) is 0 Å². The molecule has 3 heteroatoms. The third-order valence-corrected chi connectivity index (χ3v) is 1.98. The zero-order valence-corrected chi connectivity index (χ0v) is 9.95. The zero-order chi connectivity index (χ0) is 11.0. The molecule has 3 nitrogen and oxygen atoms in total. The summed E-state index contributed by atoms with van der Waals surface area (Å²) in [5, 5.41) is 17.2. The fraction of sp³-hybridized carbons (Fsp3) is 1.00. The number of aliphatic hydroxyl groups is 1. The second-order valence-corrected chi connectivity index (χ2v) is 4.41. The van der Waals surface area contributed by atoms with Gasteiger partial charge in [-0.05, 0) is 27.2 Å². The fourth-order valence-electron chi connectivity index (χ4n) is 1.16. The zero-order valence-electron chi connectivity index (χ0n) is 9.95. The molecule has 0 saturated carbocycles. The molecule has 84 valence electrons. The Morgan fingerprint density at radius 2 is 1.86 bits per heavy atom. The first-order chi connectivity index (χ1) is 6.45. The Kier molecular flexibility index (Phi) is 6.71. The van der Waals surface area contributed by atoms with Crippen LogP contribution in [0.4, 0.5) is 0 Å². The summed E-state index contributed by atoms with van der Waals surface area (Å²) in [6.07, 6.45) is 6.12. The normalized spacial score (nSPS) is 14.9. The van der Waals surface area contributed by atoms with Crippen LogP contribution < -0.4 is 0 Å². The molecular weight excluding hydrogens is 176 g/mol. The Hall–Kier alpha value is -0.440. The van der Waals surface area contributed by atoms with Gasteiger partial charge in [-0.3, -0.25) is 0 Å². The lowest BCUT2D eigenvalue weighted by Crippen LogP contribution is -2.14. The largest absolute Gasteiger partial charge is 0.368 e. The maximum Gasteiger partial charge on any atom is 0.170 e. The van der Waals surface area contributed by atoms with Crippen LogP contribution >= 0.6 is 0 Å². The summed E-state index contributed by atoms with van der Waals surface area (Å²) in [7, 11) is 0. The summed E-state index contributed by atoms with van der Waals surface area (Å²) in [4.78, 5) is 0. The lowest BCUT2D eigenvalue weighted by Gasteiger charge is -2.10. The third kappa shape index (κ3) is 9.65. The lowest BCUT2D eigenvalue weighted by atomic mass is 10.1. The van der Waals surface area contributed by atoms with Crippen LogP contribution in [0.5, 0.6) is 0 Å². The van der Waals surface area contributed by atoms with E-state index in [1.165, 1.54) is 25.7 Å². The topological polar surface area (TPSA) is 45.0 Å². The van der Waals surface area contributed by atoms with E-state index in [1.807, 2.05) is 6.92 Å². The van der Waals surface area contributed by atoms with Crippen molar-refractivity contribution in [2.75, 3.05) is 0 Å². The molecule has 0 heterocycles. The predicted molar refractivity (Wildman–Crippen MR) is 59.4 cm³/mol. The van der Waals surface area contributed by atoms with E-state index in [9.17, 15) is 5.11 Å². The van der Waals surface area contributed by atoms with Crippen LogP contribution in [-0.4, -0.2) is 16.9 Å². The molecule has 0 saturated heterocycles. The number of azo groups is 1. The van der Waals surface area contributed by atoms with Crippen LogP contribution in [0.1, 0.15) is 59.8 Å². The Balaban J connectivity index is 3.55. The van der Waals surface area contributed by atoms with Crippen molar-refractivity contribution in [1.29, 1.82) is 0 Å². The molecule has 0 spiro atoms. The molecular formula is C11H24N2O. The molecule has 1 unspecified atom stereocenters. The van der Waals surface area contributed by atoms with Gasteiger partial charge in [-0.25, -0.2) is 0 Å². The average Bonchev–Trinajstić information content (AvgIpc) is 2.08. The van der Waals surface area contributed by atoms with Crippen molar-refractivity contribution < 1.29 is 5.11 Å². The molecule has 0 aliphatic rings. The van der Waals surface area contributed by atoms with Crippen LogP contribution in [0.2, 0.25) is 0 Å². The summed E-state index contributed by atoms with van der Waals surface area (Å²) >= 11 is 0. The van der Waals surface area contributed by atoms with Gasteiger partial charge in [0, 0.05) is 0 Å². The van der Waals surface area contributed by atoms with Gasteiger partial charge >= 0.3 is 0 Å². The van der Waals surface area contributed by atoms with Gasteiger partial charge in [-0.1, -0.05) is 32.6 Å². The van der Waals surface area contributed by atoms with Crippen LogP contribution in [0.3, 0.4) is 0 Å². The Labute approximate surface area is 87.6 Å². The van der Waals surface area contributed by atoms with Gasteiger partial charge in [0.05, 0.1) is 6.04 Å². The molecule has 0 rings (SSSR count). The highest BCUT2D eigenvalue weighted by atomic mass is 16.3. The standard InChI is InChI=1S/C11H24N2O/c1-5-6-7-8-9-10(2)12-13-11(3,4)14/h10,14H,5-9H2,1-4H3/b13-12+. The molecule has 1 atom stereocenters. The minimum atomic E-state index is -1.02. The quantitative estimate of drug-likeness (QED) is 0.496. The number of hydrogen-bond acceptors (Lipinski definition) is 3. The molecule has 0 radical (unpaired) electrons. The van der Waals surface area contributed by atoms with Crippen molar-refractivity contribution in [2.24, 2.45) is 10.2 Å². The summed E-state index contributed by atoms with van der Waals surface area (Å²) in [5.74, 6) is 0. The van der Waals surface area contributed by atoms with Crippen molar-refractivity contribution in [1.82, 2.24) is 0 Å².